The van der Waals surface area contributed by atoms with Crippen LogP contribution in [-0.4, -0.2) is 76.3 Å². The summed E-state index contributed by atoms with van der Waals surface area (Å²) in [5.41, 5.74) is 9.99. The molecule has 0 radical (unpaired) electrons. The predicted molar refractivity (Wildman–Crippen MR) is 244 cm³/mol. The molecule has 0 amide bonds. The van der Waals surface area contributed by atoms with Gasteiger partial charge in [-0.3, -0.25) is 14.5 Å². The molecule has 1 spiro atoms. The molecule has 2 aliphatic carbocycles. The fourth-order valence-electron chi connectivity index (χ4n) is 11.6. The van der Waals surface area contributed by atoms with E-state index in [0.29, 0.717) is 17.0 Å². The third-order valence-corrected chi connectivity index (χ3v) is 16.0. The fraction of sp³-hybridized carbons (Fsp3) is 0.392. The Balaban J connectivity index is 0.703. The highest BCUT2D eigenvalue weighted by Crippen LogP contribution is 2.53. The number of aryl methyl sites for hydroxylation is 3. The number of rotatable bonds is 7. The van der Waals surface area contributed by atoms with E-state index >= 15 is 8.78 Å². The summed E-state index contributed by atoms with van der Waals surface area (Å²) in [6, 6.07) is 27.3. The monoisotopic (exact) mass is 849 g/mol. The molecule has 8 nitrogen and oxygen atoms in total. The van der Waals surface area contributed by atoms with Crippen molar-refractivity contribution in [3.8, 4) is 10.8 Å². The zero-order chi connectivity index (χ0) is 42.4. The number of aliphatic imine (C=N–C) groups is 1. The van der Waals surface area contributed by atoms with Gasteiger partial charge in [0.25, 0.3) is 0 Å². The summed E-state index contributed by atoms with van der Waals surface area (Å²) in [6.07, 6.45) is 4.01. The molecule has 318 valence electrons. The van der Waals surface area contributed by atoms with Crippen LogP contribution in [0.4, 0.5) is 20.2 Å². The first-order valence-corrected chi connectivity index (χ1v) is 23.1. The maximum atomic E-state index is 16.4. The summed E-state index contributed by atoms with van der Waals surface area (Å²) in [5.74, 6) is 1.13. The van der Waals surface area contributed by atoms with Crippen LogP contribution in [0.3, 0.4) is 0 Å². The Hall–Kier alpha value is -5.39. The lowest BCUT2D eigenvalue weighted by molar-refractivity contribution is 0.00322. The van der Waals surface area contributed by atoms with E-state index in [-0.39, 0.29) is 23.3 Å². The lowest BCUT2D eigenvalue weighted by Crippen LogP contribution is -2.64. The fourth-order valence-corrected chi connectivity index (χ4v) is 12.8. The Labute approximate surface area is 366 Å². The average molecular weight is 850 g/mol. The molecule has 11 rings (SSSR count). The van der Waals surface area contributed by atoms with E-state index in [4.69, 9.17) is 4.99 Å². The van der Waals surface area contributed by atoms with Gasteiger partial charge in [0.05, 0.1) is 5.71 Å². The third kappa shape index (κ3) is 6.65. The highest BCUT2D eigenvalue weighted by Gasteiger charge is 2.52. The van der Waals surface area contributed by atoms with Gasteiger partial charge in [-0.15, -0.1) is 21.5 Å². The molecule has 11 heteroatoms. The molecule has 5 aliphatic rings. The Kier molecular flexibility index (Phi) is 9.64. The molecular formula is C51H53F2N7OS. The molecule has 0 unspecified atom stereocenters. The van der Waals surface area contributed by atoms with Gasteiger partial charge in [0.2, 0.25) is 0 Å². The van der Waals surface area contributed by atoms with Crippen molar-refractivity contribution in [3.63, 3.8) is 0 Å². The first kappa shape index (κ1) is 39.5. The number of piperazine rings is 1. The average Bonchev–Trinajstić information content (AvgIpc) is 3.73. The second kappa shape index (κ2) is 15.2. The van der Waals surface area contributed by atoms with Crippen LogP contribution in [0.5, 0.6) is 5.75 Å². The van der Waals surface area contributed by atoms with Gasteiger partial charge in [-0.1, -0.05) is 48.5 Å². The molecule has 6 aromatic rings. The predicted octanol–water partition coefficient (Wildman–Crippen LogP) is 10.1. The van der Waals surface area contributed by atoms with E-state index < -0.39 is 17.6 Å². The first-order chi connectivity index (χ1) is 30.0. The SMILES string of the molecule is Cc1sc2c(c1C)C(c1ccc(N3CC4(CC(CN5CCN(c6cc(F)c([C@@H]7c8ccc(O)cc8CC[C@@H]7c7ccccc7)c(F)c6)CC5)C4)C3)cc1)=N[C@@H](C)c1nnc(C)n1-2. The molecule has 2 saturated heterocycles. The summed E-state index contributed by atoms with van der Waals surface area (Å²) >= 11 is 1.79. The lowest BCUT2D eigenvalue weighted by Gasteiger charge is -2.60. The summed E-state index contributed by atoms with van der Waals surface area (Å²) in [7, 11) is 0. The largest absolute Gasteiger partial charge is 0.508 e. The van der Waals surface area contributed by atoms with Crippen LogP contribution in [0, 0.1) is 43.7 Å². The number of aromatic nitrogens is 3. The van der Waals surface area contributed by atoms with Crippen molar-refractivity contribution in [2.24, 2.45) is 16.3 Å². The number of aromatic hydroxyl groups is 1. The van der Waals surface area contributed by atoms with Crippen molar-refractivity contribution in [2.75, 3.05) is 55.6 Å². The van der Waals surface area contributed by atoms with Gasteiger partial charge in [-0.05, 0) is 124 Å². The van der Waals surface area contributed by atoms with Gasteiger partial charge in [0, 0.05) is 90.1 Å². The van der Waals surface area contributed by atoms with Gasteiger partial charge in [-0.25, -0.2) is 8.78 Å². The Morgan fingerprint density at radius 1 is 0.823 bits per heavy atom. The van der Waals surface area contributed by atoms with Crippen molar-refractivity contribution in [2.45, 2.75) is 71.3 Å². The minimum Gasteiger partial charge on any atom is -0.508 e. The van der Waals surface area contributed by atoms with Gasteiger partial charge in [0.15, 0.2) is 5.82 Å². The maximum absolute atomic E-state index is 16.4. The Bertz CT molecular complexity index is 2680. The van der Waals surface area contributed by atoms with Crippen LogP contribution < -0.4 is 9.80 Å². The normalized spacial score (nSPS) is 22.0. The third-order valence-electron chi connectivity index (χ3n) is 14.8. The van der Waals surface area contributed by atoms with Crippen LogP contribution in [0.25, 0.3) is 5.00 Å². The molecule has 62 heavy (non-hydrogen) atoms. The Morgan fingerprint density at radius 3 is 2.27 bits per heavy atom. The molecule has 3 aliphatic heterocycles. The minimum absolute atomic E-state index is 0.0661. The van der Waals surface area contributed by atoms with Crippen molar-refractivity contribution in [1.82, 2.24) is 19.7 Å². The van der Waals surface area contributed by atoms with Crippen LogP contribution in [0.15, 0.2) is 89.9 Å². The van der Waals surface area contributed by atoms with E-state index in [9.17, 15) is 5.11 Å². The molecule has 3 atom stereocenters. The van der Waals surface area contributed by atoms with E-state index in [2.05, 4.69) is 86.6 Å². The number of benzene rings is 4. The smallest absolute Gasteiger partial charge is 0.162 e. The molecule has 1 saturated carbocycles. The second-order valence-corrected chi connectivity index (χ2v) is 20.0. The van der Waals surface area contributed by atoms with Gasteiger partial charge in [0.1, 0.15) is 34.3 Å². The maximum Gasteiger partial charge on any atom is 0.162 e. The number of hydrogen-bond acceptors (Lipinski definition) is 8. The molecule has 3 fully saturated rings. The van der Waals surface area contributed by atoms with Crippen molar-refractivity contribution in [3.05, 3.63) is 152 Å². The summed E-state index contributed by atoms with van der Waals surface area (Å²) < 4.78 is 34.9. The van der Waals surface area contributed by atoms with Crippen molar-refractivity contribution >= 4 is 28.4 Å². The molecular weight excluding hydrogens is 797 g/mol. The van der Waals surface area contributed by atoms with E-state index in [0.717, 1.165) is 103 Å². The first-order valence-electron chi connectivity index (χ1n) is 22.3. The number of phenolic OH excluding ortho intramolecular Hbond substituents is 1. The molecule has 2 aromatic heterocycles. The van der Waals surface area contributed by atoms with Crippen molar-refractivity contribution in [1.29, 1.82) is 0 Å². The second-order valence-electron chi connectivity index (χ2n) is 18.8. The van der Waals surface area contributed by atoms with Gasteiger partial charge < -0.3 is 14.9 Å². The number of thiophene rings is 1. The van der Waals surface area contributed by atoms with Crippen LogP contribution in [-0.2, 0) is 6.42 Å². The number of halogens is 2. The Morgan fingerprint density at radius 2 is 1.55 bits per heavy atom. The number of nitrogens with zero attached hydrogens (tertiary/aromatic N) is 7. The minimum atomic E-state index is -0.493. The van der Waals surface area contributed by atoms with E-state index in [1.165, 1.54) is 34.5 Å². The molecule has 0 bridgehead atoms. The highest BCUT2D eigenvalue weighted by molar-refractivity contribution is 7.15. The summed E-state index contributed by atoms with van der Waals surface area (Å²) in [4.78, 5) is 13.7. The van der Waals surface area contributed by atoms with Gasteiger partial charge >= 0.3 is 0 Å². The summed E-state index contributed by atoms with van der Waals surface area (Å²) in [6.45, 7) is 15.1. The lowest BCUT2D eigenvalue weighted by atomic mass is 9.57. The van der Waals surface area contributed by atoms with E-state index in [1.54, 1.807) is 35.6 Å². The van der Waals surface area contributed by atoms with Crippen molar-refractivity contribution < 1.29 is 13.9 Å². The summed E-state index contributed by atoms with van der Waals surface area (Å²) in [5, 5.41) is 20.3. The molecule has 5 heterocycles. The standard InChI is InChI=1S/C51H53F2N7OS/c1-30-32(3)62-50-45(30)48(54-31(2)49-56-55-33(4)60(49)50)36-10-13-38(14-11-36)59-28-51(29-59)25-34(26-51)27-57-18-20-58(21-19-57)39-23-43(52)47(44(53)24-39)46-41(35-8-6-5-7-9-35)16-12-37-22-40(61)15-17-42(37)46/h5-11,13-15,17,22-24,31,34,41,46,61H,12,16,18-21,25-29H2,1-4H3/t31-,41+,46-/m0/s1. The van der Waals surface area contributed by atoms with Gasteiger partial charge in [-0.2, -0.15) is 0 Å². The number of fused-ring (bicyclic) bond motifs is 4. The number of anilines is 2. The number of hydrogen-bond donors (Lipinski definition) is 1. The molecule has 4 aromatic carbocycles. The van der Waals surface area contributed by atoms with E-state index in [1.807, 2.05) is 31.2 Å². The highest BCUT2D eigenvalue weighted by atomic mass is 32.1. The van der Waals surface area contributed by atoms with Crippen LogP contribution in [0.2, 0.25) is 0 Å². The topological polar surface area (TPSA) is 73.0 Å². The number of phenols is 1. The zero-order valence-corrected chi connectivity index (χ0v) is 36.7. The zero-order valence-electron chi connectivity index (χ0n) is 35.9. The van der Waals surface area contributed by atoms with Crippen LogP contribution in [0.1, 0.15) is 99.5 Å². The molecule has 1 N–H and O–H groups in total. The quantitative estimate of drug-likeness (QED) is 0.173. The van der Waals surface area contributed by atoms with Crippen LogP contribution >= 0.6 is 11.3 Å².